The van der Waals surface area contributed by atoms with E-state index in [0.717, 1.165) is 11.1 Å². The zero-order valence-electron chi connectivity index (χ0n) is 13.4. The highest BCUT2D eigenvalue weighted by atomic mass is 16.5. The Bertz CT molecular complexity index is 749. The van der Waals surface area contributed by atoms with Gasteiger partial charge in [-0.3, -0.25) is 0 Å². The molecule has 0 bridgehead atoms. The molecule has 0 aromatic heterocycles. The topological polar surface area (TPSA) is 71.3 Å². The third kappa shape index (κ3) is 5.18. The number of carbonyl (C=O) groups is 1. The van der Waals surface area contributed by atoms with Gasteiger partial charge >= 0.3 is 6.09 Å². The Kier molecular flexibility index (Phi) is 6.42. The summed E-state index contributed by atoms with van der Waals surface area (Å²) in [6.45, 7) is 0.582. The minimum atomic E-state index is -0.471. The van der Waals surface area contributed by atoms with E-state index in [1.165, 1.54) is 7.11 Å². The molecule has 0 spiro atoms. The average molecular weight is 322 g/mol. The van der Waals surface area contributed by atoms with Crippen LogP contribution in [0, 0.1) is 11.3 Å². The van der Waals surface area contributed by atoms with Crippen LogP contribution in [0.2, 0.25) is 0 Å². The molecule has 0 fully saturated rings. The minimum Gasteiger partial charge on any atom is -0.495 e. The van der Waals surface area contributed by atoms with Gasteiger partial charge in [0.05, 0.1) is 12.7 Å². The van der Waals surface area contributed by atoms with Crippen molar-refractivity contribution in [2.75, 3.05) is 13.7 Å². The van der Waals surface area contributed by atoms with Gasteiger partial charge in [0.2, 0.25) is 0 Å². The number of rotatable bonds is 6. The molecule has 0 saturated carbocycles. The fraction of sp³-hybridized carbons (Fsp3) is 0.158. The highest BCUT2D eigenvalue weighted by Crippen LogP contribution is 2.19. The van der Waals surface area contributed by atoms with E-state index in [-0.39, 0.29) is 6.61 Å². The second kappa shape index (κ2) is 9.01. The maximum atomic E-state index is 11.6. The van der Waals surface area contributed by atoms with E-state index in [1.807, 2.05) is 42.5 Å². The predicted octanol–water partition coefficient (Wildman–Crippen LogP) is 3.51. The number of ether oxygens (including phenoxy) is 2. The zero-order valence-corrected chi connectivity index (χ0v) is 13.4. The minimum absolute atomic E-state index is 0.239. The first-order valence-corrected chi connectivity index (χ1v) is 7.42. The second-order valence-electron chi connectivity index (χ2n) is 4.92. The Morgan fingerprint density at radius 2 is 2.04 bits per heavy atom. The van der Waals surface area contributed by atoms with Gasteiger partial charge in [-0.15, -0.1) is 0 Å². The van der Waals surface area contributed by atoms with Crippen LogP contribution in [0.15, 0.2) is 54.6 Å². The summed E-state index contributed by atoms with van der Waals surface area (Å²) in [5.74, 6) is 0.523. The van der Waals surface area contributed by atoms with Gasteiger partial charge in [-0.2, -0.15) is 5.26 Å². The molecule has 0 unspecified atom stereocenters. The summed E-state index contributed by atoms with van der Waals surface area (Å²) < 4.78 is 10.3. The van der Waals surface area contributed by atoms with Gasteiger partial charge in [0.25, 0.3) is 0 Å². The smallest absolute Gasteiger partial charge is 0.407 e. The summed E-state index contributed by atoms with van der Waals surface area (Å²) in [6, 6.07) is 16.8. The molecule has 0 aliphatic carbocycles. The lowest BCUT2D eigenvalue weighted by Crippen LogP contribution is -2.24. The number of hydrogen-bond donors (Lipinski definition) is 1. The van der Waals surface area contributed by atoms with Crippen molar-refractivity contribution in [2.24, 2.45) is 0 Å². The second-order valence-corrected chi connectivity index (χ2v) is 4.92. The van der Waals surface area contributed by atoms with Crippen LogP contribution in [-0.2, 0) is 11.3 Å². The monoisotopic (exact) mass is 322 g/mol. The van der Waals surface area contributed by atoms with Crippen molar-refractivity contribution < 1.29 is 14.3 Å². The van der Waals surface area contributed by atoms with E-state index in [0.29, 0.717) is 17.9 Å². The zero-order chi connectivity index (χ0) is 17.2. The van der Waals surface area contributed by atoms with Crippen molar-refractivity contribution in [1.82, 2.24) is 5.32 Å². The largest absolute Gasteiger partial charge is 0.495 e. The lowest BCUT2D eigenvalue weighted by molar-refractivity contribution is 0.141. The summed E-state index contributed by atoms with van der Waals surface area (Å²) in [4.78, 5) is 11.6. The Labute approximate surface area is 141 Å². The fourth-order valence-electron chi connectivity index (χ4n) is 2.02. The fourth-order valence-corrected chi connectivity index (χ4v) is 2.02. The Morgan fingerprint density at radius 1 is 1.25 bits per heavy atom. The van der Waals surface area contributed by atoms with Crippen LogP contribution >= 0.6 is 0 Å². The van der Waals surface area contributed by atoms with Crippen LogP contribution in [0.1, 0.15) is 16.7 Å². The van der Waals surface area contributed by atoms with Crippen LogP contribution in [-0.4, -0.2) is 19.7 Å². The Balaban J connectivity index is 1.78. The van der Waals surface area contributed by atoms with Gasteiger partial charge in [0.15, 0.2) is 0 Å². The molecule has 0 heterocycles. The summed E-state index contributed by atoms with van der Waals surface area (Å²) in [6.07, 6.45) is 3.16. The van der Waals surface area contributed by atoms with Crippen LogP contribution in [0.3, 0.4) is 0 Å². The van der Waals surface area contributed by atoms with E-state index in [2.05, 4.69) is 11.4 Å². The number of nitrogens with zero attached hydrogens (tertiary/aromatic N) is 1. The molecule has 1 amide bonds. The molecule has 0 aliphatic rings. The van der Waals surface area contributed by atoms with Gasteiger partial charge in [-0.05, 0) is 23.3 Å². The van der Waals surface area contributed by atoms with Crippen molar-refractivity contribution in [3.8, 4) is 11.8 Å². The standard InChI is InChI=1S/C19H18N2O3/c1-23-18-12-15(9-10-17(18)13-20)8-5-11-21-19(22)24-14-16-6-3-2-4-7-16/h2-10,12H,11,14H2,1H3,(H,21,22). The van der Waals surface area contributed by atoms with Crippen LogP contribution in [0.25, 0.3) is 6.08 Å². The number of benzene rings is 2. The molecule has 2 rings (SSSR count). The van der Waals surface area contributed by atoms with Crippen LogP contribution in [0.5, 0.6) is 5.75 Å². The number of nitrogens with one attached hydrogen (secondary N) is 1. The molecule has 5 heteroatoms. The highest BCUT2D eigenvalue weighted by Gasteiger charge is 2.02. The van der Waals surface area contributed by atoms with Gasteiger partial charge in [0, 0.05) is 6.54 Å². The first kappa shape index (κ1) is 17.1. The van der Waals surface area contributed by atoms with Crippen molar-refractivity contribution in [3.63, 3.8) is 0 Å². The van der Waals surface area contributed by atoms with E-state index < -0.39 is 6.09 Å². The molecule has 0 saturated heterocycles. The van der Waals surface area contributed by atoms with E-state index >= 15 is 0 Å². The average Bonchev–Trinajstić information content (AvgIpc) is 2.64. The number of carbonyl (C=O) groups excluding carboxylic acids is 1. The summed E-state index contributed by atoms with van der Waals surface area (Å²) in [7, 11) is 1.52. The molecule has 5 nitrogen and oxygen atoms in total. The van der Waals surface area contributed by atoms with Gasteiger partial charge in [0.1, 0.15) is 18.4 Å². The highest BCUT2D eigenvalue weighted by molar-refractivity contribution is 5.67. The first-order chi connectivity index (χ1) is 11.7. The number of methoxy groups -OCH3 is 1. The lowest BCUT2D eigenvalue weighted by atomic mass is 10.1. The molecule has 2 aromatic rings. The van der Waals surface area contributed by atoms with Gasteiger partial charge < -0.3 is 14.8 Å². The number of nitriles is 1. The van der Waals surface area contributed by atoms with Crippen molar-refractivity contribution in [2.45, 2.75) is 6.61 Å². The van der Waals surface area contributed by atoms with Crippen LogP contribution in [0.4, 0.5) is 4.79 Å². The van der Waals surface area contributed by atoms with Crippen molar-refractivity contribution >= 4 is 12.2 Å². The van der Waals surface area contributed by atoms with E-state index in [9.17, 15) is 4.79 Å². The summed E-state index contributed by atoms with van der Waals surface area (Å²) in [5.41, 5.74) is 2.30. The molecule has 2 aromatic carbocycles. The molecule has 0 aliphatic heterocycles. The SMILES string of the molecule is COc1cc(C=CCNC(=O)OCc2ccccc2)ccc1C#N. The lowest BCUT2D eigenvalue weighted by Gasteiger charge is -2.05. The normalized spacial score (nSPS) is 10.2. The van der Waals surface area contributed by atoms with E-state index in [4.69, 9.17) is 14.7 Å². The summed E-state index contributed by atoms with van der Waals surface area (Å²) in [5, 5.41) is 11.6. The molecular weight excluding hydrogens is 304 g/mol. The van der Waals surface area contributed by atoms with Gasteiger partial charge in [-0.1, -0.05) is 48.6 Å². The molecule has 0 radical (unpaired) electrons. The van der Waals surface area contributed by atoms with Crippen LogP contribution < -0.4 is 10.1 Å². The maximum absolute atomic E-state index is 11.6. The molecular formula is C19H18N2O3. The number of alkyl carbamates (subject to hydrolysis) is 1. The molecule has 0 atom stereocenters. The third-order valence-electron chi connectivity index (χ3n) is 3.23. The third-order valence-corrected chi connectivity index (χ3v) is 3.23. The maximum Gasteiger partial charge on any atom is 0.407 e. The predicted molar refractivity (Wildman–Crippen MR) is 91.4 cm³/mol. The molecule has 122 valence electrons. The van der Waals surface area contributed by atoms with Gasteiger partial charge in [-0.25, -0.2) is 4.79 Å². The van der Waals surface area contributed by atoms with Crippen molar-refractivity contribution in [3.05, 3.63) is 71.3 Å². The Morgan fingerprint density at radius 3 is 2.75 bits per heavy atom. The van der Waals surface area contributed by atoms with E-state index in [1.54, 1.807) is 18.2 Å². The molecule has 24 heavy (non-hydrogen) atoms. The number of hydrogen-bond acceptors (Lipinski definition) is 4. The quantitative estimate of drug-likeness (QED) is 0.883. The Hall–Kier alpha value is -3.26. The molecule has 1 N–H and O–H groups in total. The first-order valence-electron chi connectivity index (χ1n) is 7.42. The van der Waals surface area contributed by atoms with Crippen molar-refractivity contribution in [1.29, 1.82) is 5.26 Å². The summed E-state index contributed by atoms with van der Waals surface area (Å²) >= 11 is 0. The number of amides is 1.